The average Bonchev–Trinajstić information content (AvgIpc) is 2.90. The van der Waals surface area contributed by atoms with E-state index in [0.29, 0.717) is 11.4 Å². The third-order valence-corrected chi connectivity index (χ3v) is 2.64. The molecule has 3 rings (SSSR count). The van der Waals surface area contributed by atoms with Crippen LogP contribution in [0.5, 0.6) is 0 Å². The monoisotopic (exact) mass is 255 g/mol. The van der Waals surface area contributed by atoms with Crippen molar-refractivity contribution in [1.82, 2.24) is 25.2 Å². The molecule has 0 aliphatic rings. The first kappa shape index (κ1) is 11.1. The van der Waals surface area contributed by atoms with E-state index in [1.165, 1.54) is 10.9 Å². The summed E-state index contributed by atoms with van der Waals surface area (Å²) in [4.78, 5) is 0. The van der Waals surface area contributed by atoms with Gasteiger partial charge in [-0.3, -0.25) is 0 Å². The number of nitrogens with zero attached hydrogens (tertiary/aromatic N) is 6. The van der Waals surface area contributed by atoms with Crippen molar-refractivity contribution in [2.75, 3.05) is 0 Å². The molecule has 0 saturated heterocycles. The van der Waals surface area contributed by atoms with Gasteiger partial charge in [0.25, 0.3) is 0 Å². The van der Waals surface area contributed by atoms with Crippen LogP contribution in [0, 0.1) is 0 Å². The largest absolute Gasteiger partial charge is 0.409 e. The van der Waals surface area contributed by atoms with Crippen molar-refractivity contribution in [3.63, 3.8) is 0 Å². The molecule has 0 amide bonds. The van der Waals surface area contributed by atoms with Crippen LogP contribution in [0.2, 0.25) is 0 Å². The van der Waals surface area contributed by atoms with E-state index in [-0.39, 0.29) is 5.84 Å². The number of para-hydroxylation sites is 1. The fraction of sp³-hybridized carbons (Fsp3) is 0. The fourth-order valence-electron chi connectivity index (χ4n) is 1.76. The van der Waals surface area contributed by atoms with E-state index >= 15 is 0 Å². The van der Waals surface area contributed by atoms with Crippen molar-refractivity contribution in [3.8, 4) is 5.82 Å². The quantitative estimate of drug-likeness (QED) is 0.294. The van der Waals surface area contributed by atoms with Crippen LogP contribution in [0.25, 0.3) is 16.9 Å². The average molecular weight is 255 g/mol. The lowest BCUT2D eigenvalue weighted by Gasteiger charge is -2.05. The van der Waals surface area contributed by atoms with Crippen LogP contribution >= 0.6 is 0 Å². The zero-order valence-electron chi connectivity index (χ0n) is 9.67. The lowest BCUT2D eigenvalue weighted by molar-refractivity contribution is 0.318. The smallest absolute Gasteiger partial charge is 0.189 e. The van der Waals surface area contributed by atoms with Gasteiger partial charge in [-0.2, -0.15) is 9.78 Å². The van der Waals surface area contributed by atoms with Crippen molar-refractivity contribution >= 4 is 16.9 Å². The molecule has 0 radical (unpaired) electrons. The highest BCUT2D eigenvalue weighted by Crippen LogP contribution is 2.16. The van der Waals surface area contributed by atoms with E-state index in [9.17, 15) is 0 Å². The predicted molar refractivity (Wildman–Crippen MR) is 67.0 cm³/mol. The van der Waals surface area contributed by atoms with Gasteiger partial charge in [0, 0.05) is 0 Å². The normalized spacial score (nSPS) is 11.9. The molecule has 3 N–H and O–H groups in total. The van der Waals surface area contributed by atoms with Gasteiger partial charge in [-0.15, -0.1) is 10.2 Å². The summed E-state index contributed by atoms with van der Waals surface area (Å²) < 4.78 is 1.50. The van der Waals surface area contributed by atoms with Gasteiger partial charge in [0.15, 0.2) is 11.7 Å². The SMILES string of the molecule is N/C(=N/O)c1ccnnc1-n1nnc2ccccc21. The Balaban J connectivity index is 2.28. The van der Waals surface area contributed by atoms with Gasteiger partial charge < -0.3 is 10.9 Å². The number of oxime groups is 1. The van der Waals surface area contributed by atoms with Gasteiger partial charge in [-0.25, -0.2) is 0 Å². The van der Waals surface area contributed by atoms with Crippen LogP contribution in [0.1, 0.15) is 5.56 Å². The minimum Gasteiger partial charge on any atom is -0.409 e. The molecular formula is C11H9N7O. The first-order chi connectivity index (χ1) is 9.31. The molecule has 0 atom stereocenters. The predicted octanol–water partition coefficient (Wildman–Crippen LogP) is 0.305. The third kappa shape index (κ3) is 1.75. The number of amidine groups is 1. The molecule has 8 heteroatoms. The summed E-state index contributed by atoms with van der Waals surface area (Å²) in [6, 6.07) is 9.00. The van der Waals surface area contributed by atoms with Crippen LogP contribution in [0.4, 0.5) is 0 Å². The lowest BCUT2D eigenvalue weighted by Crippen LogP contribution is -2.18. The van der Waals surface area contributed by atoms with Crippen LogP contribution in [0.15, 0.2) is 41.7 Å². The second-order valence-corrected chi connectivity index (χ2v) is 3.74. The van der Waals surface area contributed by atoms with Gasteiger partial charge >= 0.3 is 0 Å². The molecule has 0 bridgehead atoms. The molecular weight excluding hydrogens is 246 g/mol. The number of fused-ring (bicyclic) bond motifs is 1. The minimum absolute atomic E-state index is 0.0653. The van der Waals surface area contributed by atoms with Crippen molar-refractivity contribution in [2.45, 2.75) is 0 Å². The van der Waals surface area contributed by atoms with Crippen LogP contribution in [0.3, 0.4) is 0 Å². The van der Waals surface area contributed by atoms with Crippen LogP contribution in [-0.2, 0) is 0 Å². The molecule has 0 aliphatic heterocycles. The maximum Gasteiger partial charge on any atom is 0.189 e. The van der Waals surface area contributed by atoms with Crippen molar-refractivity contribution in [3.05, 3.63) is 42.1 Å². The zero-order valence-corrected chi connectivity index (χ0v) is 9.67. The summed E-state index contributed by atoms with van der Waals surface area (Å²) in [5.41, 5.74) is 7.52. The fourth-order valence-corrected chi connectivity index (χ4v) is 1.76. The molecule has 19 heavy (non-hydrogen) atoms. The summed E-state index contributed by atoms with van der Waals surface area (Å²) in [5.74, 6) is 0.288. The Hall–Kier alpha value is -3.03. The second kappa shape index (κ2) is 4.33. The summed E-state index contributed by atoms with van der Waals surface area (Å²) in [7, 11) is 0. The Morgan fingerprint density at radius 3 is 2.89 bits per heavy atom. The summed E-state index contributed by atoms with van der Waals surface area (Å²) in [5, 5.41) is 27.6. The molecule has 8 nitrogen and oxygen atoms in total. The zero-order chi connectivity index (χ0) is 13.2. The van der Waals surface area contributed by atoms with E-state index in [2.05, 4.69) is 25.7 Å². The van der Waals surface area contributed by atoms with Crippen molar-refractivity contribution in [1.29, 1.82) is 0 Å². The van der Waals surface area contributed by atoms with E-state index in [1.807, 2.05) is 24.3 Å². The first-order valence-corrected chi connectivity index (χ1v) is 5.41. The molecule has 1 aromatic carbocycles. The molecule has 94 valence electrons. The van der Waals surface area contributed by atoms with E-state index in [0.717, 1.165) is 11.0 Å². The van der Waals surface area contributed by atoms with Gasteiger partial charge in [0.05, 0.1) is 17.3 Å². The van der Waals surface area contributed by atoms with E-state index in [1.54, 1.807) is 6.07 Å². The van der Waals surface area contributed by atoms with Crippen molar-refractivity contribution in [2.24, 2.45) is 10.9 Å². The maximum atomic E-state index is 8.79. The Kier molecular flexibility index (Phi) is 2.53. The molecule has 2 heterocycles. The highest BCUT2D eigenvalue weighted by Gasteiger charge is 2.14. The number of hydrogen-bond donors (Lipinski definition) is 2. The third-order valence-electron chi connectivity index (χ3n) is 2.64. The highest BCUT2D eigenvalue weighted by atomic mass is 16.4. The van der Waals surface area contributed by atoms with Gasteiger partial charge in [0.2, 0.25) is 0 Å². The number of benzene rings is 1. The number of aromatic nitrogens is 5. The topological polar surface area (TPSA) is 115 Å². The molecule has 2 aromatic heterocycles. The van der Waals surface area contributed by atoms with Crippen LogP contribution in [-0.4, -0.2) is 36.2 Å². The Labute approximate surface area is 107 Å². The van der Waals surface area contributed by atoms with Gasteiger partial charge in [0.1, 0.15) is 5.52 Å². The highest BCUT2D eigenvalue weighted by molar-refractivity contribution is 6.00. The second-order valence-electron chi connectivity index (χ2n) is 3.74. The molecule has 0 spiro atoms. The standard InChI is InChI=1S/C11H9N7O/c12-10(16-19)7-5-6-13-15-11(7)18-9-4-2-1-3-8(9)14-17-18/h1-6,19H,(H2,12,16). The Morgan fingerprint density at radius 1 is 1.21 bits per heavy atom. The molecule has 0 saturated carbocycles. The van der Waals surface area contributed by atoms with E-state index < -0.39 is 0 Å². The Bertz CT molecular complexity index is 764. The van der Waals surface area contributed by atoms with Gasteiger partial charge in [-0.05, 0) is 18.2 Å². The van der Waals surface area contributed by atoms with Crippen LogP contribution < -0.4 is 5.73 Å². The summed E-state index contributed by atoms with van der Waals surface area (Å²) in [6.45, 7) is 0. The summed E-state index contributed by atoms with van der Waals surface area (Å²) >= 11 is 0. The number of rotatable bonds is 2. The Morgan fingerprint density at radius 2 is 2.05 bits per heavy atom. The summed E-state index contributed by atoms with van der Waals surface area (Å²) in [6.07, 6.45) is 1.45. The number of hydrogen-bond acceptors (Lipinski definition) is 6. The molecule has 3 aromatic rings. The number of nitrogens with two attached hydrogens (primary N) is 1. The molecule has 0 unspecified atom stereocenters. The first-order valence-electron chi connectivity index (χ1n) is 5.41. The molecule has 0 aliphatic carbocycles. The van der Waals surface area contributed by atoms with Gasteiger partial charge in [-0.1, -0.05) is 22.5 Å². The maximum absolute atomic E-state index is 8.79. The lowest BCUT2D eigenvalue weighted by atomic mass is 10.2. The van der Waals surface area contributed by atoms with Crippen molar-refractivity contribution < 1.29 is 5.21 Å². The molecule has 0 fully saturated rings. The van der Waals surface area contributed by atoms with E-state index in [4.69, 9.17) is 10.9 Å². The minimum atomic E-state index is -0.0653.